The molecule has 0 saturated heterocycles. The molecule has 0 saturated carbocycles. The van der Waals surface area contributed by atoms with E-state index in [4.69, 9.17) is 12.2 Å². The summed E-state index contributed by atoms with van der Waals surface area (Å²) in [7, 11) is 4.00. The van der Waals surface area contributed by atoms with Gasteiger partial charge in [0.25, 0.3) is 0 Å². The maximum Gasteiger partial charge on any atom is 0.130 e. The van der Waals surface area contributed by atoms with Gasteiger partial charge < -0.3 is 9.88 Å². The first kappa shape index (κ1) is 9.35. The summed E-state index contributed by atoms with van der Waals surface area (Å²) in [5, 5.41) is 0. The van der Waals surface area contributed by atoms with E-state index in [0.29, 0.717) is 4.64 Å². The number of hydrogen-bond donors (Lipinski definition) is 1. The van der Waals surface area contributed by atoms with Crippen LogP contribution < -0.4 is 0 Å². The Bertz CT molecular complexity index is 316. The first-order valence-corrected chi connectivity index (χ1v) is 4.20. The number of aromatic nitrogens is 2. The number of rotatable bonds is 2. The molecular formula is C8H13N3S. The van der Waals surface area contributed by atoms with E-state index in [2.05, 4.69) is 9.97 Å². The van der Waals surface area contributed by atoms with Crippen molar-refractivity contribution in [3.05, 3.63) is 22.2 Å². The molecule has 0 unspecified atom stereocenters. The number of aromatic amines is 1. The normalized spacial score (nSPS) is 10.7. The highest BCUT2D eigenvalue weighted by atomic mass is 32.1. The highest BCUT2D eigenvalue weighted by Gasteiger charge is 1.97. The molecule has 1 heterocycles. The van der Waals surface area contributed by atoms with Crippen molar-refractivity contribution >= 4 is 12.2 Å². The molecule has 66 valence electrons. The van der Waals surface area contributed by atoms with Gasteiger partial charge in [-0.25, -0.2) is 4.98 Å². The van der Waals surface area contributed by atoms with Gasteiger partial charge in [0.15, 0.2) is 0 Å². The first-order chi connectivity index (χ1) is 5.58. The third-order valence-electron chi connectivity index (χ3n) is 1.39. The summed E-state index contributed by atoms with van der Waals surface area (Å²) in [6.45, 7) is 2.78. The van der Waals surface area contributed by atoms with Gasteiger partial charge in [0.1, 0.15) is 10.5 Å². The fourth-order valence-corrected chi connectivity index (χ4v) is 1.30. The summed E-state index contributed by atoms with van der Waals surface area (Å²) in [5.74, 6) is 0.921. The van der Waals surface area contributed by atoms with Crippen molar-refractivity contribution in [1.82, 2.24) is 14.9 Å². The summed E-state index contributed by atoms with van der Waals surface area (Å²) in [5.41, 5.74) is 1.06. The van der Waals surface area contributed by atoms with Gasteiger partial charge in [0.2, 0.25) is 0 Å². The minimum atomic E-state index is 0.656. The number of H-pyrrole nitrogens is 1. The van der Waals surface area contributed by atoms with E-state index in [9.17, 15) is 0 Å². The quantitative estimate of drug-likeness (QED) is 0.705. The fourth-order valence-electron chi connectivity index (χ4n) is 1.02. The molecule has 0 spiro atoms. The molecule has 0 aliphatic heterocycles. The molecule has 0 fully saturated rings. The van der Waals surface area contributed by atoms with Crippen LogP contribution in [-0.2, 0) is 6.54 Å². The van der Waals surface area contributed by atoms with Crippen LogP contribution in [0.3, 0.4) is 0 Å². The zero-order chi connectivity index (χ0) is 9.14. The average Bonchev–Trinajstić information content (AvgIpc) is 1.81. The van der Waals surface area contributed by atoms with Crippen molar-refractivity contribution < 1.29 is 0 Å². The minimum absolute atomic E-state index is 0.656. The summed E-state index contributed by atoms with van der Waals surface area (Å²) < 4.78 is 0.656. The van der Waals surface area contributed by atoms with Crippen LogP contribution in [0.2, 0.25) is 0 Å². The van der Waals surface area contributed by atoms with E-state index >= 15 is 0 Å². The van der Waals surface area contributed by atoms with Crippen LogP contribution in [0.25, 0.3) is 0 Å². The second kappa shape index (κ2) is 3.78. The molecule has 4 heteroatoms. The lowest BCUT2D eigenvalue weighted by Crippen LogP contribution is -2.13. The van der Waals surface area contributed by atoms with Crippen molar-refractivity contribution in [1.29, 1.82) is 0 Å². The van der Waals surface area contributed by atoms with E-state index in [-0.39, 0.29) is 0 Å². The maximum atomic E-state index is 4.99. The average molecular weight is 183 g/mol. The molecule has 0 aliphatic carbocycles. The molecule has 1 rings (SSSR count). The molecule has 0 radical (unpaired) electrons. The molecule has 3 nitrogen and oxygen atoms in total. The Morgan fingerprint density at radius 3 is 2.75 bits per heavy atom. The molecule has 1 aromatic rings. The van der Waals surface area contributed by atoms with Gasteiger partial charge in [0, 0.05) is 5.69 Å². The number of aryl methyl sites for hydroxylation is 1. The Kier molecular flexibility index (Phi) is 2.94. The molecule has 0 aromatic carbocycles. The van der Waals surface area contributed by atoms with E-state index in [1.165, 1.54) is 0 Å². The summed E-state index contributed by atoms with van der Waals surface area (Å²) in [6, 6.07) is 1.86. The molecule has 0 amide bonds. The van der Waals surface area contributed by atoms with Crippen LogP contribution in [0.15, 0.2) is 6.07 Å². The summed E-state index contributed by atoms with van der Waals surface area (Å²) in [6.07, 6.45) is 0. The predicted molar refractivity (Wildman–Crippen MR) is 51.5 cm³/mol. The highest BCUT2D eigenvalue weighted by Crippen LogP contribution is 1.97. The topological polar surface area (TPSA) is 31.9 Å². The lowest BCUT2D eigenvalue weighted by atomic mass is 10.4. The SMILES string of the molecule is Cc1cc(=S)nc(CN(C)C)[nH]1. The lowest BCUT2D eigenvalue weighted by Gasteiger charge is -2.08. The van der Waals surface area contributed by atoms with Crippen LogP contribution in [0, 0.1) is 11.6 Å². The highest BCUT2D eigenvalue weighted by molar-refractivity contribution is 7.71. The molecule has 0 atom stereocenters. The largest absolute Gasteiger partial charge is 0.346 e. The Hall–Kier alpha value is -0.740. The third-order valence-corrected chi connectivity index (χ3v) is 1.60. The summed E-state index contributed by atoms with van der Waals surface area (Å²) >= 11 is 4.99. The minimum Gasteiger partial charge on any atom is -0.346 e. The first-order valence-electron chi connectivity index (χ1n) is 3.79. The smallest absolute Gasteiger partial charge is 0.130 e. The molecule has 0 bridgehead atoms. The molecule has 1 N–H and O–H groups in total. The molecule has 0 aliphatic rings. The lowest BCUT2D eigenvalue weighted by molar-refractivity contribution is 0.389. The molecule has 12 heavy (non-hydrogen) atoms. The Morgan fingerprint density at radius 2 is 2.25 bits per heavy atom. The van der Waals surface area contributed by atoms with Gasteiger partial charge in [-0.1, -0.05) is 12.2 Å². The van der Waals surface area contributed by atoms with Crippen LogP contribution >= 0.6 is 12.2 Å². The maximum absolute atomic E-state index is 4.99. The van der Waals surface area contributed by atoms with E-state index in [0.717, 1.165) is 18.1 Å². The number of hydrogen-bond acceptors (Lipinski definition) is 3. The van der Waals surface area contributed by atoms with Crippen molar-refractivity contribution in [2.24, 2.45) is 0 Å². The van der Waals surface area contributed by atoms with Gasteiger partial charge in [0.05, 0.1) is 6.54 Å². The van der Waals surface area contributed by atoms with Gasteiger partial charge in [-0.05, 0) is 27.1 Å². The van der Waals surface area contributed by atoms with Crippen molar-refractivity contribution in [2.75, 3.05) is 14.1 Å². The Morgan fingerprint density at radius 1 is 1.58 bits per heavy atom. The van der Waals surface area contributed by atoms with Crippen molar-refractivity contribution in [3.8, 4) is 0 Å². The molecular weight excluding hydrogens is 170 g/mol. The number of nitrogens with zero attached hydrogens (tertiary/aromatic N) is 2. The second-order valence-electron chi connectivity index (χ2n) is 3.09. The van der Waals surface area contributed by atoms with Crippen molar-refractivity contribution in [2.45, 2.75) is 13.5 Å². The van der Waals surface area contributed by atoms with Gasteiger partial charge in [-0.2, -0.15) is 0 Å². The monoisotopic (exact) mass is 183 g/mol. The van der Waals surface area contributed by atoms with Crippen LogP contribution in [-0.4, -0.2) is 29.0 Å². The fraction of sp³-hybridized carbons (Fsp3) is 0.500. The van der Waals surface area contributed by atoms with E-state index < -0.39 is 0 Å². The third kappa shape index (κ3) is 2.71. The van der Waals surface area contributed by atoms with Crippen molar-refractivity contribution in [3.63, 3.8) is 0 Å². The zero-order valence-electron chi connectivity index (χ0n) is 7.59. The Balaban J connectivity index is 2.93. The van der Waals surface area contributed by atoms with E-state index in [1.807, 2.05) is 32.0 Å². The number of nitrogens with one attached hydrogen (secondary N) is 1. The van der Waals surface area contributed by atoms with E-state index in [1.54, 1.807) is 0 Å². The van der Waals surface area contributed by atoms with Crippen LogP contribution in [0.1, 0.15) is 11.5 Å². The standard InChI is InChI=1S/C8H13N3S/c1-6-4-8(12)10-7(9-6)5-11(2)3/h4H,5H2,1-3H3,(H,9,10,12). The van der Waals surface area contributed by atoms with Gasteiger partial charge >= 0.3 is 0 Å². The molecule has 1 aromatic heterocycles. The zero-order valence-corrected chi connectivity index (χ0v) is 8.40. The van der Waals surface area contributed by atoms with Gasteiger partial charge in [-0.3, -0.25) is 0 Å². The van der Waals surface area contributed by atoms with Crippen LogP contribution in [0.5, 0.6) is 0 Å². The van der Waals surface area contributed by atoms with Gasteiger partial charge in [-0.15, -0.1) is 0 Å². The second-order valence-corrected chi connectivity index (χ2v) is 3.51. The van der Waals surface area contributed by atoms with Crippen LogP contribution in [0.4, 0.5) is 0 Å². The predicted octanol–water partition coefficient (Wildman–Crippen LogP) is 1.51. The summed E-state index contributed by atoms with van der Waals surface area (Å²) in [4.78, 5) is 9.40. The Labute approximate surface area is 77.4 Å².